The molecule has 2 aliphatic heterocycles. The van der Waals surface area contributed by atoms with Crippen LogP contribution in [0.2, 0.25) is 0 Å². The molecule has 152 valence electrons. The van der Waals surface area contributed by atoms with Crippen LogP contribution in [0.5, 0.6) is 0 Å². The number of morpholine rings is 1. The van der Waals surface area contributed by atoms with Gasteiger partial charge in [0.05, 0.1) is 26.2 Å². The second kappa shape index (κ2) is 9.61. The normalized spacial score (nSPS) is 20.3. The van der Waals surface area contributed by atoms with Crippen molar-refractivity contribution < 1.29 is 23.5 Å². The van der Waals surface area contributed by atoms with Crippen molar-refractivity contribution in [1.29, 1.82) is 0 Å². The second-order valence-electron chi connectivity index (χ2n) is 6.92. The molecule has 2 saturated heterocycles. The Morgan fingerprint density at radius 1 is 1.29 bits per heavy atom. The number of benzene rings is 1. The molecule has 0 aromatic heterocycles. The van der Waals surface area contributed by atoms with Gasteiger partial charge in [0.15, 0.2) is 0 Å². The van der Waals surface area contributed by atoms with Gasteiger partial charge >= 0.3 is 6.03 Å². The van der Waals surface area contributed by atoms with E-state index in [1.54, 1.807) is 6.07 Å². The van der Waals surface area contributed by atoms with Crippen molar-refractivity contribution in [2.45, 2.75) is 25.4 Å². The Morgan fingerprint density at radius 2 is 2.07 bits per heavy atom. The second-order valence-corrected chi connectivity index (χ2v) is 6.92. The van der Waals surface area contributed by atoms with Gasteiger partial charge in [-0.2, -0.15) is 0 Å². The molecule has 2 aliphatic rings. The van der Waals surface area contributed by atoms with Crippen LogP contribution in [0.1, 0.15) is 18.4 Å². The van der Waals surface area contributed by atoms with Crippen LogP contribution in [0.3, 0.4) is 0 Å². The van der Waals surface area contributed by atoms with E-state index in [0.29, 0.717) is 12.1 Å². The molecule has 2 fully saturated rings. The Hall–Kier alpha value is -2.52. The first-order valence-electron chi connectivity index (χ1n) is 9.46. The van der Waals surface area contributed by atoms with Gasteiger partial charge in [0.25, 0.3) is 5.91 Å². The van der Waals surface area contributed by atoms with Crippen molar-refractivity contribution in [3.63, 3.8) is 0 Å². The summed E-state index contributed by atoms with van der Waals surface area (Å²) >= 11 is 0. The van der Waals surface area contributed by atoms with E-state index in [-0.39, 0.29) is 18.9 Å². The number of imide groups is 1. The number of carbonyl (C=O) groups is 3. The predicted molar refractivity (Wildman–Crippen MR) is 98.8 cm³/mol. The van der Waals surface area contributed by atoms with Crippen LogP contribution in [-0.4, -0.2) is 73.1 Å². The zero-order chi connectivity index (χ0) is 19.9. The van der Waals surface area contributed by atoms with E-state index < -0.39 is 23.8 Å². The molecule has 3 rings (SSSR count). The van der Waals surface area contributed by atoms with Crippen LogP contribution >= 0.6 is 0 Å². The molecule has 1 aromatic carbocycles. The maximum absolute atomic E-state index is 13.3. The smallest absolute Gasteiger partial charge is 0.325 e. The highest BCUT2D eigenvalue weighted by Gasteiger charge is 2.38. The van der Waals surface area contributed by atoms with Crippen molar-refractivity contribution in [2.75, 3.05) is 39.4 Å². The van der Waals surface area contributed by atoms with Crippen LogP contribution in [-0.2, 0) is 20.9 Å². The molecule has 0 spiro atoms. The number of nitrogens with one attached hydrogen (secondary N) is 2. The molecular weight excluding hydrogens is 367 g/mol. The minimum Gasteiger partial charge on any atom is -0.379 e. The van der Waals surface area contributed by atoms with E-state index in [9.17, 15) is 18.8 Å². The maximum atomic E-state index is 13.3. The van der Waals surface area contributed by atoms with Crippen molar-refractivity contribution in [1.82, 2.24) is 20.4 Å². The highest BCUT2D eigenvalue weighted by Crippen LogP contribution is 2.14. The van der Waals surface area contributed by atoms with E-state index in [0.717, 1.165) is 44.2 Å². The van der Waals surface area contributed by atoms with E-state index in [2.05, 4.69) is 15.5 Å². The average molecular weight is 392 g/mol. The number of carbonyl (C=O) groups excluding carboxylic acids is 3. The molecule has 0 aliphatic carbocycles. The third-order valence-electron chi connectivity index (χ3n) is 4.80. The van der Waals surface area contributed by atoms with Crippen molar-refractivity contribution in [3.8, 4) is 0 Å². The standard InChI is InChI=1S/C19H25FN4O4/c20-15-4-1-3-14(11-15)13-24-18(26)16(22-19(24)27)12-17(25)21-5-2-6-23-7-9-28-10-8-23/h1,3-4,11,16H,2,5-10,12-13H2,(H,21,25)(H,22,27)/t16-/m0/s1. The third kappa shape index (κ3) is 5.49. The maximum Gasteiger partial charge on any atom is 0.325 e. The van der Waals surface area contributed by atoms with Gasteiger partial charge in [-0.05, 0) is 30.7 Å². The number of hydrogen-bond acceptors (Lipinski definition) is 5. The van der Waals surface area contributed by atoms with Crippen LogP contribution in [0, 0.1) is 5.82 Å². The van der Waals surface area contributed by atoms with E-state index in [4.69, 9.17) is 4.74 Å². The summed E-state index contributed by atoms with van der Waals surface area (Å²) in [6, 6.07) is 4.26. The predicted octanol–water partition coefficient (Wildman–Crippen LogP) is 0.475. The molecule has 0 unspecified atom stereocenters. The summed E-state index contributed by atoms with van der Waals surface area (Å²) < 4.78 is 18.6. The van der Waals surface area contributed by atoms with Gasteiger partial charge in [0.2, 0.25) is 5.91 Å². The largest absolute Gasteiger partial charge is 0.379 e. The summed E-state index contributed by atoms with van der Waals surface area (Å²) in [6.45, 7) is 4.64. The number of nitrogens with zero attached hydrogens (tertiary/aromatic N) is 2. The summed E-state index contributed by atoms with van der Waals surface area (Å²) in [6.07, 6.45) is 0.699. The fraction of sp³-hybridized carbons (Fsp3) is 0.526. The quantitative estimate of drug-likeness (QED) is 0.496. The Balaban J connectivity index is 1.40. The summed E-state index contributed by atoms with van der Waals surface area (Å²) in [7, 11) is 0. The van der Waals surface area contributed by atoms with Gasteiger partial charge in [-0.3, -0.25) is 19.4 Å². The minimum atomic E-state index is -0.889. The number of halogens is 1. The van der Waals surface area contributed by atoms with Crippen molar-refractivity contribution >= 4 is 17.8 Å². The first-order valence-corrected chi connectivity index (χ1v) is 9.46. The van der Waals surface area contributed by atoms with Crippen LogP contribution < -0.4 is 10.6 Å². The number of amides is 4. The van der Waals surface area contributed by atoms with Crippen LogP contribution in [0.4, 0.5) is 9.18 Å². The summed E-state index contributed by atoms with van der Waals surface area (Å²) in [5.74, 6) is -1.19. The Kier molecular flexibility index (Phi) is 6.94. The van der Waals surface area contributed by atoms with E-state index >= 15 is 0 Å². The lowest BCUT2D eigenvalue weighted by atomic mass is 10.1. The first kappa shape index (κ1) is 20.2. The number of rotatable bonds is 8. The molecule has 1 aromatic rings. The van der Waals surface area contributed by atoms with Gasteiger partial charge in [-0.25, -0.2) is 9.18 Å². The zero-order valence-corrected chi connectivity index (χ0v) is 15.7. The van der Waals surface area contributed by atoms with Gasteiger partial charge in [0.1, 0.15) is 11.9 Å². The molecule has 0 radical (unpaired) electrons. The van der Waals surface area contributed by atoms with Gasteiger partial charge in [-0.15, -0.1) is 0 Å². The first-order chi connectivity index (χ1) is 13.5. The third-order valence-corrected chi connectivity index (χ3v) is 4.80. The van der Waals surface area contributed by atoms with Crippen molar-refractivity contribution in [2.24, 2.45) is 0 Å². The topological polar surface area (TPSA) is 91.0 Å². The Bertz CT molecular complexity index is 724. The highest BCUT2D eigenvalue weighted by molar-refractivity contribution is 6.05. The minimum absolute atomic E-state index is 0.0277. The SMILES string of the molecule is O=C(C[C@@H]1NC(=O)N(Cc2cccc(F)c2)C1=O)NCCCN1CCOCC1. The lowest BCUT2D eigenvalue weighted by molar-refractivity contribution is -0.131. The zero-order valence-electron chi connectivity index (χ0n) is 15.7. The Morgan fingerprint density at radius 3 is 2.82 bits per heavy atom. The number of ether oxygens (including phenoxy) is 1. The summed E-state index contributed by atoms with van der Waals surface area (Å²) in [5, 5.41) is 5.31. The molecule has 9 heteroatoms. The van der Waals surface area contributed by atoms with Crippen molar-refractivity contribution in [3.05, 3.63) is 35.6 Å². The molecule has 2 N–H and O–H groups in total. The average Bonchev–Trinajstić information content (AvgIpc) is 2.93. The molecule has 1 atom stereocenters. The monoisotopic (exact) mass is 392 g/mol. The van der Waals surface area contributed by atoms with E-state index in [1.165, 1.54) is 18.2 Å². The van der Waals surface area contributed by atoms with Gasteiger partial charge < -0.3 is 15.4 Å². The number of urea groups is 1. The molecular formula is C19H25FN4O4. The molecule has 0 bridgehead atoms. The molecule has 2 heterocycles. The molecule has 28 heavy (non-hydrogen) atoms. The molecule has 0 saturated carbocycles. The Labute approximate surface area is 163 Å². The van der Waals surface area contributed by atoms with Gasteiger partial charge in [0, 0.05) is 19.6 Å². The summed E-state index contributed by atoms with van der Waals surface area (Å²) in [5.41, 5.74) is 0.511. The van der Waals surface area contributed by atoms with E-state index in [1.807, 2.05) is 0 Å². The van der Waals surface area contributed by atoms with Gasteiger partial charge in [-0.1, -0.05) is 12.1 Å². The lowest BCUT2D eigenvalue weighted by Crippen LogP contribution is -2.39. The fourth-order valence-corrected chi connectivity index (χ4v) is 3.30. The number of hydrogen-bond donors (Lipinski definition) is 2. The lowest BCUT2D eigenvalue weighted by Gasteiger charge is -2.26. The van der Waals surface area contributed by atoms with Crippen LogP contribution in [0.15, 0.2) is 24.3 Å². The molecule has 4 amide bonds. The highest BCUT2D eigenvalue weighted by atomic mass is 19.1. The van der Waals surface area contributed by atoms with Crippen LogP contribution in [0.25, 0.3) is 0 Å². The fourth-order valence-electron chi connectivity index (χ4n) is 3.30. The molecule has 8 nitrogen and oxygen atoms in total. The summed E-state index contributed by atoms with van der Waals surface area (Å²) in [4.78, 5) is 39.9.